The predicted molar refractivity (Wildman–Crippen MR) is 104 cm³/mol. The third kappa shape index (κ3) is 3.19. The summed E-state index contributed by atoms with van der Waals surface area (Å²) in [6.45, 7) is 1.68. The third-order valence-electron chi connectivity index (χ3n) is 5.99. The molecule has 4 atom stereocenters. The van der Waals surface area contributed by atoms with Crippen molar-refractivity contribution in [3.05, 3.63) is 67.8 Å². The Morgan fingerprint density at radius 3 is 2.37 bits per heavy atom. The first kappa shape index (κ1) is 19.6. The molecule has 0 heterocycles. The summed E-state index contributed by atoms with van der Waals surface area (Å²) in [6, 6.07) is 2.66. The van der Waals surface area contributed by atoms with Crippen LogP contribution in [0.1, 0.15) is 30.1 Å². The van der Waals surface area contributed by atoms with Crippen LogP contribution in [0.15, 0.2) is 47.2 Å². The molecule has 0 N–H and O–H groups in total. The number of ketones is 1. The molecule has 4 unspecified atom stereocenters. The van der Waals surface area contributed by atoms with E-state index in [1.807, 2.05) is 0 Å². The van der Waals surface area contributed by atoms with E-state index in [-0.39, 0.29) is 29.5 Å². The maximum Gasteiger partial charge on any atom is 0.372 e. The van der Waals surface area contributed by atoms with Crippen molar-refractivity contribution in [1.29, 1.82) is 0 Å². The van der Waals surface area contributed by atoms with Gasteiger partial charge in [-0.05, 0) is 49.3 Å². The van der Waals surface area contributed by atoms with Crippen LogP contribution >= 0.6 is 0 Å². The zero-order valence-corrected chi connectivity index (χ0v) is 15.9. The third-order valence-corrected chi connectivity index (χ3v) is 5.99. The van der Waals surface area contributed by atoms with Crippen molar-refractivity contribution >= 4 is 28.8 Å². The number of nitro groups is 2. The van der Waals surface area contributed by atoms with E-state index in [4.69, 9.17) is 4.84 Å². The second kappa shape index (κ2) is 7.29. The van der Waals surface area contributed by atoms with Gasteiger partial charge < -0.3 is 4.84 Å². The number of non-ortho nitro benzene ring substituents is 1. The van der Waals surface area contributed by atoms with Crippen molar-refractivity contribution in [2.75, 3.05) is 0 Å². The standard InChI is InChI=1S/C20H17N3O7/c1-10-8-15(17-11-2-4-12(5-3-11)18(17)19(10)24)21-30-20(25)14-7-6-13(22(26)27)9-16(14)23(28)29/h2,4,6-9,11-12,17-18H,3,5H2,1H3/b21-15+. The van der Waals surface area contributed by atoms with Gasteiger partial charge in [-0.1, -0.05) is 17.3 Å². The highest BCUT2D eigenvalue weighted by Crippen LogP contribution is 2.48. The fraction of sp³-hybridized carbons (Fsp3) is 0.350. The lowest BCUT2D eigenvalue weighted by Gasteiger charge is -2.45. The summed E-state index contributed by atoms with van der Waals surface area (Å²) in [4.78, 5) is 50.5. The van der Waals surface area contributed by atoms with Crippen molar-refractivity contribution in [3.8, 4) is 0 Å². The summed E-state index contributed by atoms with van der Waals surface area (Å²) in [6.07, 6.45) is 7.55. The number of benzene rings is 1. The molecule has 4 aliphatic rings. The minimum atomic E-state index is -1.10. The Labute approximate surface area is 170 Å². The molecular weight excluding hydrogens is 394 g/mol. The fourth-order valence-corrected chi connectivity index (χ4v) is 4.59. The van der Waals surface area contributed by atoms with E-state index in [9.17, 15) is 29.8 Å². The molecule has 154 valence electrons. The van der Waals surface area contributed by atoms with E-state index in [0.717, 1.165) is 25.0 Å². The summed E-state index contributed by atoms with van der Waals surface area (Å²) >= 11 is 0. The minimum Gasteiger partial charge on any atom is -0.312 e. The maximum atomic E-state index is 12.7. The molecule has 1 fully saturated rings. The molecule has 30 heavy (non-hydrogen) atoms. The second-order valence-electron chi connectivity index (χ2n) is 7.64. The number of allylic oxidation sites excluding steroid dienone is 4. The van der Waals surface area contributed by atoms with Crippen LogP contribution in [0.4, 0.5) is 11.4 Å². The van der Waals surface area contributed by atoms with Crippen molar-refractivity contribution < 1.29 is 24.3 Å². The molecule has 10 heteroatoms. The Morgan fingerprint density at radius 2 is 1.77 bits per heavy atom. The Kier molecular flexibility index (Phi) is 4.76. The van der Waals surface area contributed by atoms with Gasteiger partial charge in [-0.15, -0.1) is 0 Å². The van der Waals surface area contributed by atoms with Crippen LogP contribution in [0, 0.1) is 43.9 Å². The molecule has 1 aromatic rings. The number of Topliss-reactive ketones (excluding diaryl/α,β-unsaturated/α-hetero) is 1. The zero-order valence-electron chi connectivity index (χ0n) is 15.9. The van der Waals surface area contributed by atoms with Crippen molar-refractivity contribution in [2.45, 2.75) is 19.8 Å². The Bertz CT molecular complexity index is 1070. The van der Waals surface area contributed by atoms with E-state index in [2.05, 4.69) is 17.3 Å². The molecule has 0 aromatic heterocycles. The number of carbonyl (C=O) groups excluding carboxylic acids is 2. The molecule has 1 aromatic carbocycles. The quantitative estimate of drug-likeness (QED) is 0.320. The number of rotatable bonds is 4. The Hall–Kier alpha value is -3.69. The predicted octanol–water partition coefficient (Wildman–Crippen LogP) is 3.37. The normalized spacial score (nSPS) is 28.1. The van der Waals surface area contributed by atoms with Gasteiger partial charge in [0.2, 0.25) is 0 Å². The van der Waals surface area contributed by atoms with Gasteiger partial charge in [0.25, 0.3) is 11.4 Å². The van der Waals surface area contributed by atoms with Crippen LogP contribution < -0.4 is 0 Å². The molecule has 0 radical (unpaired) electrons. The molecule has 0 spiro atoms. The molecule has 0 saturated heterocycles. The number of carbonyl (C=O) groups is 2. The number of hydrogen-bond donors (Lipinski definition) is 0. The minimum absolute atomic E-state index is 0.0651. The van der Waals surface area contributed by atoms with Crippen LogP contribution in [0.3, 0.4) is 0 Å². The largest absolute Gasteiger partial charge is 0.372 e. The average Bonchev–Trinajstić information content (AvgIpc) is 2.74. The highest BCUT2D eigenvalue weighted by Gasteiger charge is 2.48. The number of nitrogens with zero attached hydrogens (tertiary/aromatic N) is 3. The van der Waals surface area contributed by atoms with E-state index >= 15 is 0 Å². The number of oxime groups is 1. The molecular formula is C20H17N3O7. The lowest BCUT2D eigenvalue weighted by molar-refractivity contribution is -0.394. The summed E-state index contributed by atoms with van der Waals surface area (Å²) in [5.41, 5.74) is -0.717. The summed E-state index contributed by atoms with van der Waals surface area (Å²) in [5.74, 6) is -1.25. The first-order chi connectivity index (χ1) is 14.3. The van der Waals surface area contributed by atoms with E-state index in [1.54, 1.807) is 13.0 Å². The maximum absolute atomic E-state index is 12.7. The van der Waals surface area contributed by atoms with Gasteiger partial charge >= 0.3 is 5.97 Å². The molecule has 5 rings (SSSR count). The summed E-state index contributed by atoms with van der Waals surface area (Å²) in [5, 5.41) is 26.0. The second-order valence-corrected chi connectivity index (χ2v) is 7.64. The number of nitro benzene ring substituents is 2. The molecule has 0 aliphatic heterocycles. The molecule has 4 aliphatic carbocycles. The van der Waals surface area contributed by atoms with Gasteiger partial charge in [-0.2, -0.15) is 0 Å². The van der Waals surface area contributed by atoms with Crippen LogP contribution in [0.5, 0.6) is 0 Å². The van der Waals surface area contributed by atoms with Crippen molar-refractivity contribution in [3.63, 3.8) is 0 Å². The van der Waals surface area contributed by atoms with Crippen LogP contribution in [-0.2, 0) is 9.63 Å². The first-order valence-electron chi connectivity index (χ1n) is 9.41. The Morgan fingerprint density at radius 1 is 1.10 bits per heavy atom. The monoisotopic (exact) mass is 411 g/mol. The van der Waals surface area contributed by atoms with Crippen LogP contribution in [0.25, 0.3) is 0 Å². The number of hydrogen-bond acceptors (Lipinski definition) is 8. The van der Waals surface area contributed by atoms with Gasteiger partial charge in [-0.3, -0.25) is 25.0 Å². The van der Waals surface area contributed by atoms with Crippen LogP contribution in [-0.4, -0.2) is 27.3 Å². The highest BCUT2D eigenvalue weighted by atomic mass is 16.7. The molecule has 10 nitrogen and oxygen atoms in total. The van der Waals surface area contributed by atoms with E-state index in [0.29, 0.717) is 17.4 Å². The highest BCUT2D eigenvalue weighted by molar-refractivity contribution is 6.13. The van der Waals surface area contributed by atoms with E-state index < -0.39 is 32.8 Å². The lowest BCUT2D eigenvalue weighted by Crippen LogP contribution is -2.47. The smallest absolute Gasteiger partial charge is 0.312 e. The first-order valence-corrected chi connectivity index (χ1v) is 9.41. The van der Waals surface area contributed by atoms with Gasteiger partial charge in [0, 0.05) is 17.9 Å². The summed E-state index contributed by atoms with van der Waals surface area (Å²) < 4.78 is 0. The SMILES string of the molecule is CC1=C/C(=N\OC(=O)c2ccc([N+](=O)[O-])cc2[N+](=O)[O-])C2C3C=CC(CC3)C2C1=O. The number of fused-ring (bicyclic) bond motifs is 1. The topological polar surface area (TPSA) is 142 Å². The average molecular weight is 411 g/mol. The fourth-order valence-electron chi connectivity index (χ4n) is 4.59. The lowest BCUT2D eigenvalue weighted by atomic mass is 9.57. The van der Waals surface area contributed by atoms with Gasteiger partial charge in [0.1, 0.15) is 5.56 Å². The van der Waals surface area contributed by atoms with Crippen LogP contribution in [0.2, 0.25) is 0 Å². The van der Waals surface area contributed by atoms with Gasteiger partial charge in [0.15, 0.2) is 5.78 Å². The van der Waals surface area contributed by atoms with Crippen molar-refractivity contribution in [2.24, 2.45) is 28.8 Å². The van der Waals surface area contributed by atoms with Gasteiger partial charge in [-0.25, -0.2) is 4.79 Å². The molecule has 2 bridgehead atoms. The molecule has 0 amide bonds. The summed E-state index contributed by atoms with van der Waals surface area (Å²) in [7, 11) is 0. The van der Waals surface area contributed by atoms with Gasteiger partial charge in [0.05, 0.1) is 21.6 Å². The molecule has 1 saturated carbocycles. The zero-order chi connectivity index (χ0) is 21.6. The van der Waals surface area contributed by atoms with E-state index in [1.165, 1.54) is 0 Å². The Balaban J connectivity index is 1.64. The van der Waals surface area contributed by atoms with Crippen molar-refractivity contribution in [1.82, 2.24) is 0 Å².